The van der Waals surface area contributed by atoms with Crippen molar-refractivity contribution in [3.05, 3.63) is 64.9 Å². The van der Waals surface area contributed by atoms with E-state index in [9.17, 15) is 4.79 Å². The van der Waals surface area contributed by atoms with Gasteiger partial charge in [0.15, 0.2) is 5.76 Å². The fourth-order valence-corrected chi connectivity index (χ4v) is 4.53. The van der Waals surface area contributed by atoms with Crippen molar-refractivity contribution in [2.75, 3.05) is 6.54 Å². The third-order valence-electron chi connectivity index (χ3n) is 6.65. The lowest BCUT2D eigenvalue weighted by Gasteiger charge is -2.29. The van der Waals surface area contributed by atoms with Gasteiger partial charge in [0, 0.05) is 30.6 Å². The number of carbonyl (C=O) groups is 1. The van der Waals surface area contributed by atoms with E-state index in [1.54, 1.807) is 0 Å². The van der Waals surface area contributed by atoms with Crippen LogP contribution in [0.1, 0.15) is 66.4 Å². The van der Waals surface area contributed by atoms with Gasteiger partial charge in [0.1, 0.15) is 5.82 Å². The minimum absolute atomic E-state index is 0.140. The van der Waals surface area contributed by atoms with Gasteiger partial charge in [-0.25, -0.2) is 9.97 Å². The highest BCUT2D eigenvalue weighted by Gasteiger charge is 2.28. The molecule has 2 heterocycles. The van der Waals surface area contributed by atoms with Crippen LogP contribution >= 0.6 is 0 Å². The Balaban J connectivity index is 1.32. The molecule has 1 amide bonds. The first kappa shape index (κ1) is 22.2. The van der Waals surface area contributed by atoms with Crippen LogP contribution in [0.2, 0.25) is 0 Å². The lowest BCUT2D eigenvalue weighted by molar-refractivity contribution is -0.121. The van der Waals surface area contributed by atoms with Crippen LogP contribution in [0.3, 0.4) is 0 Å². The molecule has 4 rings (SSSR count). The summed E-state index contributed by atoms with van der Waals surface area (Å²) in [6.07, 6.45) is 7.49. The number of hydrogen-bond acceptors (Lipinski definition) is 5. The molecular weight excluding hydrogens is 400 g/mol. The highest BCUT2D eigenvalue weighted by atomic mass is 16.5. The maximum atomic E-state index is 12.3. The minimum Gasteiger partial charge on any atom is -0.356 e. The normalized spacial score (nSPS) is 18.5. The zero-order valence-corrected chi connectivity index (χ0v) is 19.2. The van der Waals surface area contributed by atoms with Gasteiger partial charge in [-0.05, 0) is 64.4 Å². The van der Waals surface area contributed by atoms with E-state index < -0.39 is 0 Å². The molecule has 0 bridgehead atoms. The van der Waals surface area contributed by atoms with E-state index in [4.69, 9.17) is 9.51 Å². The van der Waals surface area contributed by atoms with Crippen LogP contribution in [0.15, 0.2) is 41.1 Å². The Morgan fingerprint density at radius 3 is 2.53 bits per heavy atom. The highest BCUT2D eigenvalue weighted by molar-refractivity contribution is 5.76. The second kappa shape index (κ2) is 10.1. The monoisotopic (exact) mass is 432 g/mol. The third kappa shape index (κ3) is 5.23. The van der Waals surface area contributed by atoms with Gasteiger partial charge in [-0.3, -0.25) is 4.79 Å². The summed E-state index contributed by atoms with van der Waals surface area (Å²) in [4.78, 5) is 21.5. The maximum absolute atomic E-state index is 12.3. The largest absolute Gasteiger partial charge is 0.356 e. The van der Waals surface area contributed by atoms with Crippen LogP contribution in [0, 0.1) is 26.7 Å². The summed E-state index contributed by atoms with van der Waals surface area (Å²) in [6.45, 7) is 6.68. The number of amides is 1. The van der Waals surface area contributed by atoms with Crippen LogP contribution in [0.25, 0.3) is 11.3 Å². The summed E-state index contributed by atoms with van der Waals surface area (Å²) in [5, 5.41) is 7.26. The summed E-state index contributed by atoms with van der Waals surface area (Å²) in [6, 6.07) is 10.2. The smallest absolute Gasteiger partial charge is 0.220 e. The molecule has 0 saturated heterocycles. The van der Waals surface area contributed by atoms with Crippen LogP contribution < -0.4 is 5.32 Å². The van der Waals surface area contributed by atoms with E-state index in [0.717, 1.165) is 72.7 Å². The van der Waals surface area contributed by atoms with E-state index in [2.05, 4.69) is 27.6 Å². The summed E-state index contributed by atoms with van der Waals surface area (Å²) in [5.74, 6) is 2.60. The Morgan fingerprint density at radius 2 is 1.84 bits per heavy atom. The molecule has 1 N–H and O–H groups in total. The summed E-state index contributed by atoms with van der Waals surface area (Å²) in [7, 11) is 0. The Kier molecular flexibility index (Phi) is 6.98. The second-order valence-electron chi connectivity index (χ2n) is 8.95. The fourth-order valence-electron chi connectivity index (χ4n) is 4.53. The molecule has 1 aliphatic rings. The minimum atomic E-state index is 0.140. The number of rotatable bonds is 7. The van der Waals surface area contributed by atoms with Crippen LogP contribution in [-0.2, 0) is 11.2 Å². The first-order valence-electron chi connectivity index (χ1n) is 11.6. The molecule has 6 nitrogen and oxygen atoms in total. The molecule has 0 aliphatic heterocycles. The van der Waals surface area contributed by atoms with Crippen molar-refractivity contribution in [1.29, 1.82) is 0 Å². The molecule has 3 aromatic rings. The quantitative estimate of drug-likeness (QED) is 0.563. The number of carbonyl (C=O) groups excluding carboxylic acids is 1. The standard InChI is InChI=1S/C26H32N4O2/c1-17-18(2)30-32-26(17)23-16-27-19(3)29-25(23)22-12-9-21(10-13-22)15-28-24(31)14-11-20-7-5-4-6-8-20/h4-8,16,21-22H,9-15H2,1-3H3,(H,28,31). The zero-order valence-electron chi connectivity index (χ0n) is 19.2. The zero-order chi connectivity index (χ0) is 22.5. The van der Waals surface area contributed by atoms with Gasteiger partial charge < -0.3 is 9.84 Å². The van der Waals surface area contributed by atoms with Crippen molar-refractivity contribution < 1.29 is 9.32 Å². The molecule has 168 valence electrons. The lowest BCUT2D eigenvalue weighted by atomic mass is 9.79. The highest BCUT2D eigenvalue weighted by Crippen LogP contribution is 2.39. The van der Waals surface area contributed by atoms with E-state index in [1.807, 2.05) is 45.2 Å². The first-order chi connectivity index (χ1) is 15.5. The van der Waals surface area contributed by atoms with Crippen molar-refractivity contribution in [3.63, 3.8) is 0 Å². The number of benzene rings is 1. The van der Waals surface area contributed by atoms with Crippen molar-refractivity contribution in [1.82, 2.24) is 20.4 Å². The molecule has 2 aromatic heterocycles. The third-order valence-corrected chi connectivity index (χ3v) is 6.65. The predicted molar refractivity (Wildman–Crippen MR) is 124 cm³/mol. The number of aryl methyl sites for hydroxylation is 3. The molecule has 1 fully saturated rings. The molecule has 1 saturated carbocycles. The van der Waals surface area contributed by atoms with Crippen LogP contribution in [0.5, 0.6) is 0 Å². The molecule has 0 unspecified atom stereocenters. The van der Waals surface area contributed by atoms with Gasteiger partial charge in [-0.1, -0.05) is 35.5 Å². The topological polar surface area (TPSA) is 80.9 Å². The van der Waals surface area contributed by atoms with E-state index in [0.29, 0.717) is 18.3 Å². The molecule has 6 heteroatoms. The number of hydrogen-bond donors (Lipinski definition) is 1. The van der Waals surface area contributed by atoms with E-state index in [-0.39, 0.29) is 5.91 Å². The van der Waals surface area contributed by atoms with Gasteiger partial charge in [0.25, 0.3) is 0 Å². The van der Waals surface area contributed by atoms with Crippen molar-refractivity contribution >= 4 is 5.91 Å². The average molecular weight is 433 g/mol. The van der Waals surface area contributed by atoms with Crippen molar-refractivity contribution in [2.24, 2.45) is 5.92 Å². The summed E-state index contributed by atoms with van der Waals surface area (Å²) >= 11 is 0. The van der Waals surface area contributed by atoms with E-state index >= 15 is 0 Å². The van der Waals surface area contributed by atoms with Gasteiger partial charge in [-0.15, -0.1) is 0 Å². The Bertz CT molecular complexity index is 1050. The molecule has 0 atom stereocenters. The summed E-state index contributed by atoms with van der Waals surface area (Å²) < 4.78 is 5.62. The fraction of sp³-hybridized carbons (Fsp3) is 0.462. The Morgan fingerprint density at radius 1 is 1.09 bits per heavy atom. The molecule has 0 radical (unpaired) electrons. The number of nitrogens with one attached hydrogen (secondary N) is 1. The van der Waals surface area contributed by atoms with Crippen LogP contribution in [-0.4, -0.2) is 27.6 Å². The van der Waals surface area contributed by atoms with Gasteiger partial charge >= 0.3 is 0 Å². The molecule has 0 spiro atoms. The Labute approximate surface area is 189 Å². The molecule has 1 aromatic carbocycles. The first-order valence-corrected chi connectivity index (χ1v) is 11.6. The predicted octanol–water partition coefficient (Wildman–Crippen LogP) is 5.08. The van der Waals surface area contributed by atoms with Gasteiger partial charge in [-0.2, -0.15) is 0 Å². The van der Waals surface area contributed by atoms with Gasteiger partial charge in [0.2, 0.25) is 5.91 Å². The van der Waals surface area contributed by atoms with Crippen molar-refractivity contribution in [2.45, 2.75) is 65.2 Å². The van der Waals surface area contributed by atoms with Crippen LogP contribution in [0.4, 0.5) is 0 Å². The average Bonchev–Trinajstić information content (AvgIpc) is 3.15. The lowest BCUT2D eigenvalue weighted by Crippen LogP contribution is -2.31. The SMILES string of the molecule is Cc1ncc(-c2onc(C)c2C)c(C2CCC(CNC(=O)CCc3ccccc3)CC2)n1. The second-order valence-corrected chi connectivity index (χ2v) is 8.95. The molecule has 1 aliphatic carbocycles. The maximum Gasteiger partial charge on any atom is 0.220 e. The number of nitrogens with zero attached hydrogens (tertiary/aromatic N) is 3. The summed E-state index contributed by atoms with van der Waals surface area (Å²) in [5.41, 5.74) is 5.19. The molecule has 32 heavy (non-hydrogen) atoms. The Hall–Kier alpha value is -3.02. The molecular formula is C26H32N4O2. The van der Waals surface area contributed by atoms with Gasteiger partial charge in [0.05, 0.1) is 17.0 Å². The number of aromatic nitrogens is 3. The van der Waals surface area contributed by atoms with Crippen molar-refractivity contribution in [3.8, 4) is 11.3 Å². The van der Waals surface area contributed by atoms with E-state index in [1.165, 1.54) is 5.56 Å².